The molecule has 0 aromatic carbocycles. The first-order chi connectivity index (χ1) is 9.49. The summed E-state index contributed by atoms with van der Waals surface area (Å²) in [5.74, 6) is 0. The van der Waals surface area contributed by atoms with Crippen molar-refractivity contribution in [2.45, 2.75) is 56.7 Å². The van der Waals surface area contributed by atoms with Crippen LogP contribution in [-0.4, -0.2) is 73.1 Å². The summed E-state index contributed by atoms with van der Waals surface area (Å²) in [7, 11) is 5.91. The maximum Gasteiger partial charge on any atom is 0.319 e. The number of carbonyl (C=O) groups is 1. The van der Waals surface area contributed by atoms with Crippen molar-refractivity contribution >= 4 is 6.03 Å². The molecule has 5 nitrogen and oxygen atoms in total. The molecule has 1 aliphatic heterocycles. The summed E-state index contributed by atoms with van der Waals surface area (Å²) in [6.45, 7) is 1.77. The average molecular weight is 282 g/mol. The molecule has 0 spiro atoms. The predicted molar refractivity (Wildman–Crippen MR) is 81.7 cm³/mol. The minimum absolute atomic E-state index is 0.148. The van der Waals surface area contributed by atoms with E-state index >= 15 is 0 Å². The maximum atomic E-state index is 11.9. The van der Waals surface area contributed by atoms with Gasteiger partial charge in [0.15, 0.2) is 0 Å². The number of rotatable bonds is 2. The Kier molecular flexibility index (Phi) is 5.27. The molecule has 2 fully saturated rings. The molecule has 1 saturated heterocycles. The van der Waals surface area contributed by atoms with Crippen LogP contribution in [0.5, 0.6) is 0 Å². The van der Waals surface area contributed by atoms with Crippen LogP contribution >= 0.6 is 0 Å². The highest BCUT2D eigenvalue weighted by Gasteiger charge is 2.30. The lowest BCUT2D eigenvalue weighted by atomic mass is 9.89. The Morgan fingerprint density at radius 2 is 1.45 bits per heavy atom. The number of piperidine rings is 1. The van der Waals surface area contributed by atoms with E-state index in [4.69, 9.17) is 5.73 Å². The van der Waals surface area contributed by atoms with Crippen molar-refractivity contribution in [3.63, 3.8) is 0 Å². The highest BCUT2D eigenvalue weighted by Crippen LogP contribution is 2.26. The zero-order valence-electron chi connectivity index (χ0n) is 13.2. The molecule has 0 aromatic rings. The van der Waals surface area contributed by atoms with Crippen LogP contribution in [0.4, 0.5) is 4.79 Å². The van der Waals surface area contributed by atoms with Crippen molar-refractivity contribution in [1.29, 1.82) is 0 Å². The van der Waals surface area contributed by atoms with E-state index in [0.717, 1.165) is 38.8 Å². The molecule has 2 N–H and O–H groups in total. The number of urea groups is 1. The number of carbonyl (C=O) groups excluding carboxylic acids is 1. The third-order valence-electron chi connectivity index (χ3n) is 5.01. The van der Waals surface area contributed by atoms with Crippen LogP contribution in [0, 0.1) is 0 Å². The topological polar surface area (TPSA) is 52.8 Å². The molecule has 116 valence electrons. The first-order valence-corrected chi connectivity index (χ1v) is 7.92. The van der Waals surface area contributed by atoms with Gasteiger partial charge in [0.2, 0.25) is 0 Å². The van der Waals surface area contributed by atoms with Crippen LogP contribution in [-0.2, 0) is 0 Å². The van der Waals surface area contributed by atoms with Crippen LogP contribution in [0.15, 0.2) is 0 Å². The number of hydrogen-bond acceptors (Lipinski definition) is 3. The molecule has 20 heavy (non-hydrogen) atoms. The lowest BCUT2D eigenvalue weighted by Crippen LogP contribution is -2.51. The third kappa shape index (κ3) is 3.64. The van der Waals surface area contributed by atoms with Crippen molar-refractivity contribution in [1.82, 2.24) is 14.7 Å². The van der Waals surface area contributed by atoms with Crippen LogP contribution < -0.4 is 5.73 Å². The standard InChI is InChI=1S/C15H30N4O/c1-17(2)15(20)19-10-8-14(9-11-19)18(3)13-6-4-12(16)5-7-13/h12-14H,4-11,16H2,1-3H3. The summed E-state index contributed by atoms with van der Waals surface area (Å²) in [6, 6.07) is 1.88. The second-order valence-electron chi connectivity index (χ2n) is 6.63. The molecule has 2 rings (SSSR count). The van der Waals surface area contributed by atoms with Gasteiger partial charge < -0.3 is 20.4 Å². The van der Waals surface area contributed by atoms with E-state index in [-0.39, 0.29) is 6.03 Å². The zero-order valence-corrected chi connectivity index (χ0v) is 13.2. The first-order valence-electron chi connectivity index (χ1n) is 7.92. The van der Waals surface area contributed by atoms with Crippen LogP contribution in [0.2, 0.25) is 0 Å². The number of amides is 2. The SMILES string of the molecule is CN(C)C(=O)N1CCC(N(C)C2CCC(N)CC2)CC1. The second-order valence-corrected chi connectivity index (χ2v) is 6.63. The van der Waals surface area contributed by atoms with E-state index in [1.54, 1.807) is 4.90 Å². The predicted octanol–water partition coefficient (Wildman–Crippen LogP) is 1.33. The minimum atomic E-state index is 0.148. The fraction of sp³-hybridized carbons (Fsp3) is 0.933. The van der Waals surface area contributed by atoms with E-state index in [9.17, 15) is 4.79 Å². The monoisotopic (exact) mass is 282 g/mol. The van der Waals surface area contributed by atoms with Gasteiger partial charge in [-0.3, -0.25) is 0 Å². The molecular formula is C15H30N4O. The van der Waals surface area contributed by atoms with Crippen LogP contribution in [0.3, 0.4) is 0 Å². The molecule has 1 saturated carbocycles. The lowest BCUT2D eigenvalue weighted by molar-refractivity contribution is 0.0806. The normalized spacial score (nSPS) is 28.8. The quantitative estimate of drug-likeness (QED) is 0.831. The van der Waals surface area contributed by atoms with Gasteiger partial charge in [-0.1, -0.05) is 0 Å². The summed E-state index contributed by atoms with van der Waals surface area (Å²) >= 11 is 0. The third-order valence-corrected chi connectivity index (χ3v) is 5.01. The van der Waals surface area contributed by atoms with Gasteiger partial charge in [-0.2, -0.15) is 0 Å². The molecule has 0 atom stereocenters. The summed E-state index contributed by atoms with van der Waals surface area (Å²) in [4.78, 5) is 18.1. The Labute approximate surface area is 123 Å². The molecule has 0 aromatic heterocycles. The fourth-order valence-corrected chi connectivity index (χ4v) is 3.55. The van der Waals surface area contributed by atoms with E-state index < -0.39 is 0 Å². The van der Waals surface area contributed by atoms with Gasteiger partial charge in [0.05, 0.1) is 0 Å². The number of likely N-dealkylation sites (tertiary alicyclic amines) is 1. The van der Waals surface area contributed by atoms with Gasteiger partial charge in [0.1, 0.15) is 0 Å². The summed E-state index contributed by atoms with van der Waals surface area (Å²) < 4.78 is 0. The highest BCUT2D eigenvalue weighted by molar-refractivity contribution is 5.73. The largest absolute Gasteiger partial charge is 0.331 e. The zero-order chi connectivity index (χ0) is 14.7. The van der Waals surface area contributed by atoms with Gasteiger partial charge in [-0.25, -0.2) is 4.79 Å². The summed E-state index contributed by atoms with van der Waals surface area (Å²) in [6.07, 6.45) is 6.97. The Morgan fingerprint density at radius 1 is 0.950 bits per heavy atom. The molecule has 5 heteroatoms. The van der Waals surface area contributed by atoms with E-state index in [1.165, 1.54) is 12.8 Å². The average Bonchev–Trinajstić information content (AvgIpc) is 2.46. The minimum Gasteiger partial charge on any atom is -0.331 e. The second kappa shape index (κ2) is 6.76. The van der Waals surface area contributed by atoms with Gasteiger partial charge in [0, 0.05) is 45.3 Å². The number of nitrogens with two attached hydrogens (primary N) is 1. The molecule has 0 radical (unpaired) electrons. The smallest absolute Gasteiger partial charge is 0.319 e. The molecule has 2 amide bonds. The molecule has 1 aliphatic carbocycles. The molecule has 0 unspecified atom stereocenters. The molecular weight excluding hydrogens is 252 g/mol. The Balaban J connectivity index is 1.80. The van der Waals surface area contributed by atoms with E-state index in [0.29, 0.717) is 18.1 Å². The first kappa shape index (κ1) is 15.6. The molecule has 1 heterocycles. The van der Waals surface area contributed by atoms with Gasteiger partial charge >= 0.3 is 6.03 Å². The van der Waals surface area contributed by atoms with Gasteiger partial charge in [-0.15, -0.1) is 0 Å². The van der Waals surface area contributed by atoms with Crippen LogP contribution in [0.1, 0.15) is 38.5 Å². The van der Waals surface area contributed by atoms with Gasteiger partial charge in [-0.05, 0) is 45.6 Å². The lowest BCUT2D eigenvalue weighted by Gasteiger charge is -2.42. The highest BCUT2D eigenvalue weighted by atomic mass is 16.2. The Bertz CT molecular complexity index is 318. The maximum absolute atomic E-state index is 11.9. The van der Waals surface area contributed by atoms with Crippen molar-refractivity contribution in [3.05, 3.63) is 0 Å². The van der Waals surface area contributed by atoms with E-state index in [1.807, 2.05) is 19.0 Å². The van der Waals surface area contributed by atoms with Crippen molar-refractivity contribution in [3.8, 4) is 0 Å². The summed E-state index contributed by atoms with van der Waals surface area (Å²) in [5, 5.41) is 0. The van der Waals surface area contributed by atoms with Gasteiger partial charge in [0.25, 0.3) is 0 Å². The van der Waals surface area contributed by atoms with Crippen molar-refractivity contribution in [2.24, 2.45) is 5.73 Å². The Morgan fingerprint density at radius 3 is 1.95 bits per heavy atom. The number of hydrogen-bond donors (Lipinski definition) is 1. The summed E-state index contributed by atoms with van der Waals surface area (Å²) in [5.41, 5.74) is 5.99. The van der Waals surface area contributed by atoms with E-state index in [2.05, 4.69) is 11.9 Å². The van der Waals surface area contributed by atoms with Crippen molar-refractivity contribution in [2.75, 3.05) is 34.2 Å². The van der Waals surface area contributed by atoms with Crippen molar-refractivity contribution < 1.29 is 4.79 Å². The Hall–Kier alpha value is -0.810. The fourth-order valence-electron chi connectivity index (χ4n) is 3.55. The molecule has 2 aliphatic rings. The number of nitrogens with zero attached hydrogens (tertiary/aromatic N) is 3. The van der Waals surface area contributed by atoms with Crippen LogP contribution in [0.25, 0.3) is 0 Å². The molecule has 0 bridgehead atoms.